The fourth-order valence-corrected chi connectivity index (χ4v) is 3.36. The normalized spacial score (nSPS) is 17.3. The van der Waals surface area contributed by atoms with Crippen LogP contribution in [0.3, 0.4) is 0 Å². The summed E-state index contributed by atoms with van der Waals surface area (Å²) in [5.41, 5.74) is 0.906. The molecule has 0 spiro atoms. The van der Waals surface area contributed by atoms with Crippen molar-refractivity contribution in [3.05, 3.63) is 18.0 Å². The number of aromatic nitrogens is 1. The molecule has 0 saturated heterocycles. The van der Waals surface area contributed by atoms with Gasteiger partial charge in [-0.1, -0.05) is 0 Å². The summed E-state index contributed by atoms with van der Waals surface area (Å²) in [6.45, 7) is 3.44. The van der Waals surface area contributed by atoms with Gasteiger partial charge in [-0.25, -0.2) is 13.1 Å². The summed E-state index contributed by atoms with van der Waals surface area (Å²) in [7, 11) is 0.520. The van der Waals surface area contributed by atoms with Gasteiger partial charge in [0.15, 0.2) is 0 Å². The van der Waals surface area contributed by atoms with Gasteiger partial charge in [-0.3, -0.25) is 0 Å². The summed E-state index contributed by atoms with van der Waals surface area (Å²) in [5, 5.41) is 3.36. The van der Waals surface area contributed by atoms with Crippen LogP contribution in [-0.2, 0) is 16.6 Å². The van der Waals surface area contributed by atoms with E-state index >= 15 is 0 Å². The maximum absolute atomic E-state index is 12.3. The van der Waals surface area contributed by atoms with Crippen molar-refractivity contribution in [2.24, 2.45) is 0 Å². The SMILES string of the molecule is CC(CCN(C)C)NS(=O)(=O)c1c[nH]c(CNC2CC2)c1. The first-order valence-electron chi connectivity index (χ1n) is 7.44. The Bertz CT molecular complexity index is 549. The topological polar surface area (TPSA) is 77.2 Å². The van der Waals surface area contributed by atoms with Crippen molar-refractivity contribution in [1.29, 1.82) is 0 Å². The molecule has 1 unspecified atom stereocenters. The first-order chi connectivity index (χ1) is 9.87. The molecule has 1 aromatic heterocycles. The molecule has 1 saturated carbocycles. The zero-order chi connectivity index (χ0) is 15.5. The highest BCUT2D eigenvalue weighted by atomic mass is 32.2. The summed E-state index contributed by atoms with van der Waals surface area (Å²) in [6, 6.07) is 2.23. The Balaban J connectivity index is 1.88. The monoisotopic (exact) mass is 314 g/mol. The zero-order valence-electron chi connectivity index (χ0n) is 13.0. The number of nitrogens with zero attached hydrogens (tertiary/aromatic N) is 1. The van der Waals surface area contributed by atoms with Gasteiger partial charge in [0.25, 0.3) is 0 Å². The van der Waals surface area contributed by atoms with Crippen LogP contribution >= 0.6 is 0 Å². The van der Waals surface area contributed by atoms with Gasteiger partial charge >= 0.3 is 0 Å². The maximum Gasteiger partial charge on any atom is 0.242 e. The first kappa shape index (κ1) is 16.5. The van der Waals surface area contributed by atoms with E-state index in [-0.39, 0.29) is 6.04 Å². The highest BCUT2D eigenvalue weighted by Gasteiger charge is 2.22. The summed E-state index contributed by atoms with van der Waals surface area (Å²) < 4.78 is 27.3. The Morgan fingerprint density at radius 1 is 1.43 bits per heavy atom. The minimum atomic E-state index is -3.44. The summed E-state index contributed by atoms with van der Waals surface area (Å²) in [6.07, 6.45) is 4.78. The van der Waals surface area contributed by atoms with Crippen molar-refractivity contribution >= 4 is 10.0 Å². The lowest BCUT2D eigenvalue weighted by molar-refractivity contribution is 0.379. The van der Waals surface area contributed by atoms with Crippen LogP contribution in [0.5, 0.6) is 0 Å². The third kappa shape index (κ3) is 5.43. The molecule has 7 heteroatoms. The van der Waals surface area contributed by atoms with Gasteiger partial charge in [0.2, 0.25) is 10.0 Å². The van der Waals surface area contributed by atoms with E-state index in [9.17, 15) is 8.42 Å². The van der Waals surface area contributed by atoms with Gasteiger partial charge in [0.05, 0.1) is 4.90 Å². The molecule has 0 aliphatic heterocycles. The van der Waals surface area contributed by atoms with Gasteiger partial charge in [-0.05, 0) is 52.9 Å². The molecule has 1 aromatic rings. The maximum atomic E-state index is 12.3. The van der Waals surface area contributed by atoms with Crippen LogP contribution in [0.1, 0.15) is 31.9 Å². The molecule has 0 bridgehead atoms. The number of aromatic amines is 1. The van der Waals surface area contributed by atoms with Gasteiger partial charge < -0.3 is 15.2 Å². The zero-order valence-corrected chi connectivity index (χ0v) is 13.8. The number of sulfonamides is 1. The summed E-state index contributed by atoms with van der Waals surface area (Å²) in [5.74, 6) is 0. The Morgan fingerprint density at radius 3 is 2.76 bits per heavy atom. The molecule has 120 valence electrons. The van der Waals surface area contributed by atoms with Gasteiger partial charge in [-0.2, -0.15) is 0 Å². The average molecular weight is 314 g/mol. The van der Waals surface area contributed by atoms with Gasteiger partial charge in [0.1, 0.15) is 0 Å². The van der Waals surface area contributed by atoms with E-state index in [2.05, 4.69) is 15.0 Å². The summed E-state index contributed by atoms with van der Waals surface area (Å²) >= 11 is 0. The number of H-pyrrole nitrogens is 1. The lowest BCUT2D eigenvalue weighted by Crippen LogP contribution is -2.34. The predicted octanol–water partition coefficient (Wildman–Crippen LogP) is 0.885. The average Bonchev–Trinajstić information content (AvgIpc) is 3.09. The standard InChI is InChI=1S/C14H26N4O2S/c1-11(6-7-18(2)3)17-21(19,20)14-8-13(16-10-14)9-15-12-4-5-12/h8,10-12,15-17H,4-7,9H2,1-3H3. The predicted molar refractivity (Wildman–Crippen MR) is 83.6 cm³/mol. The van der Waals surface area contributed by atoms with Crippen molar-refractivity contribution in [3.63, 3.8) is 0 Å². The van der Waals surface area contributed by atoms with Crippen LogP contribution in [0.2, 0.25) is 0 Å². The smallest absolute Gasteiger partial charge is 0.242 e. The number of hydrogen-bond donors (Lipinski definition) is 3. The van der Waals surface area contributed by atoms with Crippen LogP contribution in [-0.4, -0.2) is 51.0 Å². The minimum absolute atomic E-state index is 0.0830. The van der Waals surface area contributed by atoms with E-state index < -0.39 is 10.0 Å². The molecule has 0 aromatic carbocycles. The fourth-order valence-electron chi connectivity index (χ4n) is 2.06. The molecule has 1 atom stereocenters. The molecule has 1 aliphatic carbocycles. The van der Waals surface area contributed by atoms with E-state index in [1.54, 1.807) is 12.3 Å². The summed E-state index contributed by atoms with van der Waals surface area (Å²) in [4.78, 5) is 5.38. The second kappa shape index (κ2) is 6.91. The Morgan fingerprint density at radius 2 is 2.14 bits per heavy atom. The molecular formula is C14H26N4O2S. The van der Waals surface area contributed by atoms with Crippen molar-refractivity contribution in [2.45, 2.75) is 49.7 Å². The lowest BCUT2D eigenvalue weighted by Gasteiger charge is -2.16. The van der Waals surface area contributed by atoms with E-state index in [1.807, 2.05) is 25.9 Å². The molecule has 6 nitrogen and oxygen atoms in total. The molecule has 21 heavy (non-hydrogen) atoms. The number of hydrogen-bond acceptors (Lipinski definition) is 4. The van der Waals surface area contributed by atoms with E-state index in [4.69, 9.17) is 0 Å². The molecule has 1 fully saturated rings. The Kier molecular flexibility index (Phi) is 5.43. The molecular weight excluding hydrogens is 288 g/mol. The largest absolute Gasteiger partial charge is 0.363 e. The second-order valence-electron chi connectivity index (χ2n) is 6.13. The quantitative estimate of drug-likeness (QED) is 0.632. The van der Waals surface area contributed by atoms with E-state index in [0.717, 1.165) is 18.7 Å². The van der Waals surface area contributed by atoms with E-state index in [0.29, 0.717) is 17.5 Å². The molecule has 1 aliphatic rings. The Labute approximate surface area is 127 Å². The molecule has 3 N–H and O–H groups in total. The fraction of sp³-hybridized carbons (Fsp3) is 0.714. The lowest BCUT2D eigenvalue weighted by atomic mass is 10.2. The molecule has 0 radical (unpaired) electrons. The van der Waals surface area contributed by atoms with Crippen molar-refractivity contribution in [2.75, 3.05) is 20.6 Å². The van der Waals surface area contributed by atoms with Gasteiger partial charge in [-0.15, -0.1) is 0 Å². The Hall–Kier alpha value is -0.890. The molecule has 0 amide bonds. The van der Waals surface area contributed by atoms with Gasteiger partial charge in [0, 0.05) is 30.5 Å². The van der Waals surface area contributed by atoms with Crippen molar-refractivity contribution in [1.82, 2.24) is 19.9 Å². The second-order valence-corrected chi connectivity index (χ2v) is 7.84. The van der Waals surface area contributed by atoms with Crippen molar-refractivity contribution in [3.8, 4) is 0 Å². The van der Waals surface area contributed by atoms with E-state index in [1.165, 1.54) is 12.8 Å². The van der Waals surface area contributed by atoms with Crippen LogP contribution in [0.15, 0.2) is 17.2 Å². The minimum Gasteiger partial charge on any atom is -0.363 e. The molecule has 2 rings (SSSR count). The third-order valence-electron chi connectivity index (χ3n) is 3.55. The van der Waals surface area contributed by atoms with Crippen LogP contribution in [0.4, 0.5) is 0 Å². The first-order valence-corrected chi connectivity index (χ1v) is 8.93. The van der Waals surface area contributed by atoms with Crippen LogP contribution in [0.25, 0.3) is 0 Å². The number of rotatable bonds is 9. The van der Waals surface area contributed by atoms with Crippen LogP contribution < -0.4 is 10.0 Å². The van der Waals surface area contributed by atoms with Crippen LogP contribution in [0, 0.1) is 0 Å². The third-order valence-corrected chi connectivity index (χ3v) is 5.12. The van der Waals surface area contributed by atoms with Crippen molar-refractivity contribution < 1.29 is 8.42 Å². The number of nitrogens with one attached hydrogen (secondary N) is 3. The highest BCUT2D eigenvalue weighted by Crippen LogP contribution is 2.19. The highest BCUT2D eigenvalue weighted by molar-refractivity contribution is 7.89. The molecule has 1 heterocycles.